The molecule has 1 aliphatic carbocycles. The highest BCUT2D eigenvalue weighted by atomic mass is 19.1. The van der Waals surface area contributed by atoms with E-state index in [1.807, 2.05) is 12.1 Å². The van der Waals surface area contributed by atoms with Crippen molar-refractivity contribution in [3.63, 3.8) is 0 Å². The van der Waals surface area contributed by atoms with Crippen LogP contribution in [0.1, 0.15) is 42.0 Å². The summed E-state index contributed by atoms with van der Waals surface area (Å²) in [6.45, 7) is 1.59. The molecule has 0 radical (unpaired) electrons. The van der Waals surface area contributed by atoms with Gasteiger partial charge in [0.1, 0.15) is 11.4 Å². The first-order valence-electron chi connectivity index (χ1n) is 10.5. The van der Waals surface area contributed by atoms with Gasteiger partial charge in [-0.15, -0.1) is 0 Å². The summed E-state index contributed by atoms with van der Waals surface area (Å²) in [4.78, 5) is 9.47. The zero-order valence-corrected chi connectivity index (χ0v) is 17.1. The zero-order valence-electron chi connectivity index (χ0n) is 17.1. The van der Waals surface area contributed by atoms with Gasteiger partial charge in [0.2, 0.25) is 0 Å². The molecule has 2 aromatic rings. The van der Waals surface area contributed by atoms with E-state index in [1.54, 1.807) is 12.1 Å². The molecule has 4 nitrogen and oxygen atoms in total. The summed E-state index contributed by atoms with van der Waals surface area (Å²) >= 11 is 0. The molecule has 0 amide bonds. The molecule has 1 fully saturated rings. The number of amidine groups is 1. The maximum Gasteiger partial charge on any atom is 0.288 e. The first-order chi connectivity index (χ1) is 14.0. The fourth-order valence-corrected chi connectivity index (χ4v) is 5.14. The maximum absolute atomic E-state index is 13.6. The highest BCUT2D eigenvalue weighted by Gasteiger charge is 2.47. The van der Waals surface area contributed by atoms with Gasteiger partial charge in [-0.3, -0.25) is 0 Å². The Kier molecular flexibility index (Phi) is 4.58. The molecular formula is C24H28FN3O. The lowest BCUT2D eigenvalue weighted by atomic mass is 9.88. The van der Waals surface area contributed by atoms with Gasteiger partial charge in [-0.25, -0.2) is 9.38 Å². The molecule has 1 saturated carbocycles. The van der Waals surface area contributed by atoms with Crippen LogP contribution >= 0.6 is 0 Å². The van der Waals surface area contributed by atoms with Gasteiger partial charge in [0.25, 0.3) is 6.02 Å². The van der Waals surface area contributed by atoms with Crippen LogP contribution in [0, 0.1) is 5.82 Å². The standard InChI is InChI=1S/C24H28FN3O/c1-27(2)20-11-13-24(15-20)16-26-23(29-24)28-14-12-17-5-3-4-6-21(17)22(28)18-7-9-19(25)10-8-18/h3-10,20,22H,11-16H2,1-2H3/t20-,22+,24+/m1/s1. The highest BCUT2D eigenvalue weighted by Crippen LogP contribution is 2.42. The van der Waals surface area contributed by atoms with Gasteiger partial charge in [-0.2, -0.15) is 0 Å². The predicted molar refractivity (Wildman–Crippen MR) is 113 cm³/mol. The second-order valence-electron chi connectivity index (χ2n) is 8.84. The number of halogens is 1. The number of ether oxygens (including phenoxy) is 1. The highest BCUT2D eigenvalue weighted by molar-refractivity contribution is 5.78. The average molecular weight is 394 g/mol. The molecule has 0 N–H and O–H groups in total. The lowest BCUT2D eigenvalue weighted by Crippen LogP contribution is -2.43. The van der Waals surface area contributed by atoms with E-state index in [-0.39, 0.29) is 17.5 Å². The number of benzene rings is 2. The van der Waals surface area contributed by atoms with Gasteiger partial charge in [0, 0.05) is 19.0 Å². The Morgan fingerprint density at radius 3 is 2.69 bits per heavy atom. The monoisotopic (exact) mass is 393 g/mol. The molecule has 3 atom stereocenters. The van der Waals surface area contributed by atoms with Crippen LogP contribution in [0.15, 0.2) is 53.5 Å². The lowest BCUT2D eigenvalue weighted by Gasteiger charge is -2.39. The predicted octanol–water partition coefficient (Wildman–Crippen LogP) is 4.01. The fraction of sp³-hybridized carbons (Fsp3) is 0.458. The van der Waals surface area contributed by atoms with Gasteiger partial charge in [0.15, 0.2) is 0 Å². The van der Waals surface area contributed by atoms with Gasteiger partial charge in [-0.05, 0) is 62.2 Å². The first-order valence-corrected chi connectivity index (χ1v) is 10.5. The lowest BCUT2D eigenvalue weighted by molar-refractivity contribution is 0.0627. The molecule has 5 heteroatoms. The molecular weight excluding hydrogens is 365 g/mol. The summed E-state index contributed by atoms with van der Waals surface area (Å²) in [5.41, 5.74) is 3.52. The van der Waals surface area contributed by atoms with Crippen molar-refractivity contribution in [3.8, 4) is 0 Å². The molecule has 3 aliphatic rings. The van der Waals surface area contributed by atoms with Crippen LogP contribution in [-0.4, -0.2) is 54.6 Å². The van der Waals surface area contributed by atoms with Crippen molar-refractivity contribution in [1.82, 2.24) is 9.80 Å². The summed E-state index contributed by atoms with van der Waals surface area (Å²) in [6.07, 6.45) is 4.19. The summed E-state index contributed by atoms with van der Waals surface area (Å²) in [5.74, 6) is -0.210. The minimum Gasteiger partial charge on any atom is -0.456 e. The molecule has 29 heavy (non-hydrogen) atoms. The Morgan fingerprint density at radius 1 is 1.14 bits per heavy atom. The molecule has 0 saturated heterocycles. The first kappa shape index (κ1) is 18.6. The summed E-state index contributed by atoms with van der Waals surface area (Å²) < 4.78 is 20.2. The van der Waals surface area contributed by atoms with Crippen molar-refractivity contribution in [2.24, 2.45) is 4.99 Å². The van der Waals surface area contributed by atoms with Crippen molar-refractivity contribution in [2.45, 2.75) is 43.4 Å². The van der Waals surface area contributed by atoms with E-state index in [0.717, 1.165) is 50.4 Å². The molecule has 5 rings (SSSR count). The average Bonchev–Trinajstić information content (AvgIpc) is 3.35. The third-order valence-corrected chi connectivity index (χ3v) is 6.80. The van der Waals surface area contributed by atoms with Gasteiger partial charge in [0.05, 0.1) is 12.6 Å². The third kappa shape index (κ3) is 3.31. The van der Waals surface area contributed by atoms with E-state index in [0.29, 0.717) is 6.04 Å². The van der Waals surface area contributed by atoms with E-state index in [1.165, 1.54) is 11.1 Å². The van der Waals surface area contributed by atoms with Crippen LogP contribution in [0.3, 0.4) is 0 Å². The Bertz CT molecular complexity index is 926. The van der Waals surface area contributed by atoms with Gasteiger partial charge in [-0.1, -0.05) is 36.4 Å². The van der Waals surface area contributed by atoms with Crippen LogP contribution in [0.25, 0.3) is 0 Å². The van der Waals surface area contributed by atoms with Crippen molar-refractivity contribution >= 4 is 6.02 Å². The van der Waals surface area contributed by atoms with E-state index in [9.17, 15) is 4.39 Å². The second-order valence-corrected chi connectivity index (χ2v) is 8.84. The largest absolute Gasteiger partial charge is 0.456 e. The smallest absolute Gasteiger partial charge is 0.288 e. The number of hydrogen-bond acceptors (Lipinski definition) is 4. The Labute approximate surface area is 172 Å². The van der Waals surface area contributed by atoms with Crippen LogP contribution in [0.4, 0.5) is 4.39 Å². The minimum absolute atomic E-state index is 0.000462. The van der Waals surface area contributed by atoms with Crippen molar-refractivity contribution < 1.29 is 9.13 Å². The Balaban J connectivity index is 1.46. The number of hydrogen-bond donors (Lipinski definition) is 0. The number of rotatable bonds is 2. The summed E-state index contributed by atoms with van der Waals surface area (Å²) in [5, 5.41) is 0. The molecule has 0 unspecified atom stereocenters. The van der Waals surface area contributed by atoms with Crippen molar-refractivity contribution in [1.29, 1.82) is 0 Å². The number of nitrogens with zero attached hydrogens (tertiary/aromatic N) is 3. The minimum atomic E-state index is -0.210. The normalized spacial score (nSPS) is 28.6. The second kappa shape index (κ2) is 7.13. The van der Waals surface area contributed by atoms with Crippen LogP contribution in [-0.2, 0) is 11.2 Å². The number of aliphatic imine (C=N–C) groups is 1. The molecule has 0 aromatic heterocycles. The number of fused-ring (bicyclic) bond motifs is 1. The molecule has 152 valence electrons. The Hall–Kier alpha value is -2.40. The Morgan fingerprint density at radius 2 is 1.93 bits per heavy atom. The molecule has 1 spiro atoms. The van der Waals surface area contributed by atoms with Crippen molar-refractivity contribution in [3.05, 3.63) is 71.0 Å². The zero-order chi connectivity index (χ0) is 20.0. The van der Waals surface area contributed by atoms with E-state index >= 15 is 0 Å². The maximum atomic E-state index is 13.6. The summed E-state index contributed by atoms with van der Waals surface area (Å²) in [7, 11) is 4.29. The molecule has 2 heterocycles. The quantitative estimate of drug-likeness (QED) is 0.772. The van der Waals surface area contributed by atoms with Gasteiger partial charge < -0.3 is 14.5 Å². The van der Waals surface area contributed by atoms with E-state index < -0.39 is 0 Å². The molecule has 2 aromatic carbocycles. The van der Waals surface area contributed by atoms with Crippen LogP contribution < -0.4 is 0 Å². The van der Waals surface area contributed by atoms with E-state index in [4.69, 9.17) is 9.73 Å². The molecule has 0 bridgehead atoms. The molecule has 2 aliphatic heterocycles. The topological polar surface area (TPSA) is 28.1 Å². The van der Waals surface area contributed by atoms with E-state index in [2.05, 4.69) is 48.2 Å². The third-order valence-electron chi connectivity index (χ3n) is 6.80. The fourth-order valence-electron chi connectivity index (χ4n) is 5.14. The van der Waals surface area contributed by atoms with Gasteiger partial charge >= 0.3 is 0 Å². The van der Waals surface area contributed by atoms with Crippen molar-refractivity contribution in [2.75, 3.05) is 27.2 Å². The summed E-state index contributed by atoms with van der Waals surface area (Å²) in [6, 6.07) is 16.7. The van der Waals surface area contributed by atoms with Crippen LogP contribution in [0.2, 0.25) is 0 Å². The SMILES string of the molecule is CN(C)[C@@H]1CC[C@@]2(CN=C(N3CCc4ccccc4[C@@H]3c3ccc(F)cc3)O2)C1. The van der Waals surface area contributed by atoms with Crippen LogP contribution in [0.5, 0.6) is 0 Å².